The van der Waals surface area contributed by atoms with Crippen LogP contribution in [0.3, 0.4) is 0 Å². The predicted molar refractivity (Wildman–Crippen MR) is 69.1 cm³/mol. The Balaban J connectivity index is 2.07. The lowest BCUT2D eigenvalue weighted by Gasteiger charge is -2.25. The Morgan fingerprint density at radius 2 is 2.06 bits per heavy atom. The maximum absolute atomic E-state index is 10.9. The second kappa shape index (κ2) is 4.98. The summed E-state index contributed by atoms with van der Waals surface area (Å²) in [4.78, 5) is 10.9. The summed E-state index contributed by atoms with van der Waals surface area (Å²) in [6.45, 7) is 7.30. The first-order chi connectivity index (χ1) is 8.49. The minimum Gasteiger partial charge on any atom is -0.454 e. The summed E-state index contributed by atoms with van der Waals surface area (Å²) >= 11 is 0. The minimum atomic E-state index is -0.0591. The number of hydrogen-bond acceptors (Lipinski definition) is 4. The number of carbonyl (C=O) groups excluding carboxylic acids is 1. The van der Waals surface area contributed by atoms with Crippen LogP contribution in [0, 0.1) is 0 Å². The van der Waals surface area contributed by atoms with Gasteiger partial charge in [0.1, 0.15) is 5.78 Å². The van der Waals surface area contributed by atoms with Crippen LogP contribution >= 0.6 is 0 Å². The number of ketones is 1. The van der Waals surface area contributed by atoms with E-state index in [4.69, 9.17) is 9.47 Å². The van der Waals surface area contributed by atoms with Crippen molar-refractivity contribution in [2.24, 2.45) is 0 Å². The van der Waals surface area contributed by atoms with Crippen LogP contribution in [0.2, 0.25) is 0 Å². The van der Waals surface area contributed by atoms with Crippen LogP contribution in [0.25, 0.3) is 0 Å². The van der Waals surface area contributed by atoms with Gasteiger partial charge in [-0.15, -0.1) is 0 Å². The molecule has 0 aromatic heterocycles. The number of rotatable bonds is 5. The van der Waals surface area contributed by atoms with Gasteiger partial charge in [-0.05, 0) is 24.6 Å². The Morgan fingerprint density at radius 3 is 2.78 bits per heavy atom. The van der Waals surface area contributed by atoms with Gasteiger partial charge in [0.15, 0.2) is 11.5 Å². The molecule has 1 aromatic rings. The van der Waals surface area contributed by atoms with Gasteiger partial charge >= 0.3 is 0 Å². The SMILES string of the molecule is CC(=O)CNCC(C)(C)c1ccc2c(c1)OCO2. The molecular formula is C14H19NO3. The summed E-state index contributed by atoms with van der Waals surface area (Å²) in [6.07, 6.45) is 0. The molecule has 4 heteroatoms. The van der Waals surface area contributed by atoms with Crippen molar-refractivity contribution in [2.45, 2.75) is 26.2 Å². The summed E-state index contributed by atoms with van der Waals surface area (Å²) in [5, 5.41) is 3.17. The number of carbonyl (C=O) groups is 1. The van der Waals surface area contributed by atoms with Crippen molar-refractivity contribution in [3.8, 4) is 11.5 Å². The van der Waals surface area contributed by atoms with Crippen LogP contribution < -0.4 is 14.8 Å². The molecule has 98 valence electrons. The maximum atomic E-state index is 10.9. The number of nitrogens with one attached hydrogen (secondary N) is 1. The average molecular weight is 249 g/mol. The first kappa shape index (κ1) is 12.9. The molecule has 0 aliphatic carbocycles. The molecular weight excluding hydrogens is 230 g/mol. The van der Waals surface area contributed by atoms with Crippen molar-refractivity contribution in [1.82, 2.24) is 5.32 Å². The van der Waals surface area contributed by atoms with Gasteiger partial charge in [0.05, 0.1) is 6.54 Å². The van der Waals surface area contributed by atoms with E-state index >= 15 is 0 Å². The minimum absolute atomic E-state index is 0.0591. The lowest BCUT2D eigenvalue weighted by Crippen LogP contribution is -2.35. The first-order valence-electron chi connectivity index (χ1n) is 6.09. The van der Waals surface area contributed by atoms with E-state index < -0.39 is 0 Å². The number of hydrogen-bond donors (Lipinski definition) is 1. The molecule has 0 bridgehead atoms. The van der Waals surface area contributed by atoms with E-state index in [9.17, 15) is 4.79 Å². The van der Waals surface area contributed by atoms with Gasteiger partial charge in [-0.25, -0.2) is 0 Å². The monoisotopic (exact) mass is 249 g/mol. The number of ether oxygens (including phenoxy) is 2. The van der Waals surface area contributed by atoms with Crippen LogP contribution in [0.1, 0.15) is 26.3 Å². The summed E-state index contributed by atoms with van der Waals surface area (Å²) in [6, 6.07) is 5.99. The first-order valence-corrected chi connectivity index (χ1v) is 6.09. The Bertz CT molecular complexity index is 454. The molecule has 1 aromatic carbocycles. The Morgan fingerprint density at radius 1 is 1.33 bits per heavy atom. The Hall–Kier alpha value is -1.55. The smallest absolute Gasteiger partial charge is 0.231 e. The summed E-state index contributed by atoms with van der Waals surface area (Å²) in [5.74, 6) is 1.75. The number of fused-ring (bicyclic) bond motifs is 1. The van der Waals surface area contributed by atoms with Crippen molar-refractivity contribution in [1.29, 1.82) is 0 Å². The molecule has 1 aliphatic rings. The van der Waals surface area contributed by atoms with E-state index in [1.54, 1.807) is 6.92 Å². The fourth-order valence-corrected chi connectivity index (χ4v) is 1.97. The molecule has 0 saturated heterocycles. The highest BCUT2D eigenvalue weighted by Crippen LogP contribution is 2.36. The molecule has 2 rings (SSSR count). The molecule has 18 heavy (non-hydrogen) atoms. The Labute approximate surface area is 107 Å². The molecule has 0 unspecified atom stereocenters. The van der Waals surface area contributed by atoms with Crippen LogP contribution in [-0.4, -0.2) is 25.7 Å². The van der Waals surface area contributed by atoms with Crippen molar-refractivity contribution in [2.75, 3.05) is 19.9 Å². The van der Waals surface area contributed by atoms with Gasteiger partial charge in [0.25, 0.3) is 0 Å². The predicted octanol–water partition coefficient (Wildman–Crippen LogP) is 1.87. The second-order valence-corrected chi connectivity index (χ2v) is 5.26. The maximum Gasteiger partial charge on any atom is 0.231 e. The van der Waals surface area contributed by atoms with Crippen LogP contribution in [0.15, 0.2) is 18.2 Å². The largest absolute Gasteiger partial charge is 0.454 e. The van der Waals surface area contributed by atoms with Gasteiger partial charge in [0.2, 0.25) is 6.79 Å². The molecule has 1 N–H and O–H groups in total. The lowest BCUT2D eigenvalue weighted by atomic mass is 9.84. The summed E-state index contributed by atoms with van der Waals surface area (Å²) < 4.78 is 10.7. The molecule has 1 heterocycles. The highest BCUT2D eigenvalue weighted by molar-refractivity contribution is 5.77. The van der Waals surface area contributed by atoms with E-state index in [1.807, 2.05) is 18.2 Å². The van der Waals surface area contributed by atoms with Crippen molar-refractivity contribution in [3.63, 3.8) is 0 Å². The highest BCUT2D eigenvalue weighted by atomic mass is 16.7. The van der Waals surface area contributed by atoms with E-state index in [2.05, 4.69) is 19.2 Å². The topological polar surface area (TPSA) is 47.6 Å². The van der Waals surface area contributed by atoms with Gasteiger partial charge in [-0.1, -0.05) is 19.9 Å². The van der Waals surface area contributed by atoms with Crippen molar-refractivity contribution in [3.05, 3.63) is 23.8 Å². The summed E-state index contributed by atoms with van der Waals surface area (Å²) in [5.41, 5.74) is 1.11. The van der Waals surface area contributed by atoms with E-state index in [0.717, 1.165) is 18.0 Å². The third-order valence-electron chi connectivity index (χ3n) is 3.09. The fourth-order valence-electron chi connectivity index (χ4n) is 1.97. The van der Waals surface area contributed by atoms with Crippen LogP contribution in [0.4, 0.5) is 0 Å². The zero-order valence-corrected chi connectivity index (χ0v) is 11.1. The van der Waals surface area contributed by atoms with Crippen molar-refractivity contribution >= 4 is 5.78 Å². The lowest BCUT2D eigenvalue weighted by molar-refractivity contribution is -0.116. The molecule has 0 radical (unpaired) electrons. The van der Waals surface area contributed by atoms with Crippen molar-refractivity contribution < 1.29 is 14.3 Å². The molecule has 0 amide bonds. The molecule has 0 fully saturated rings. The second-order valence-electron chi connectivity index (χ2n) is 5.26. The molecule has 1 aliphatic heterocycles. The van der Waals surface area contributed by atoms with E-state index in [-0.39, 0.29) is 11.2 Å². The summed E-state index contributed by atoms with van der Waals surface area (Å²) in [7, 11) is 0. The molecule has 0 saturated carbocycles. The van der Waals surface area contributed by atoms with Gasteiger partial charge < -0.3 is 14.8 Å². The van der Waals surface area contributed by atoms with E-state index in [0.29, 0.717) is 13.3 Å². The molecule has 4 nitrogen and oxygen atoms in total. The highest BCUT2D eigenvalue weighted by Gasteiger charge is 2.23. The Kier molecular flexibility index (Phi) is 3.57. The third-order valence-corrected chi connectivity index (χ3v) is 3.09. The zero-order chi connectivity index (χ0) is 13.2. The fraction of sp³-hybridized carbons (Fsp3) is 0.500. The van der Waals surface area contributed by atoms with Crippen LogP contribution in [-0.2, 0) is 10.2 Å². The van der Waals surface area contributed by atoms with Gasteiger partial charge in [-0.2, -0.15) is 0 Å². The van der Waals surface area contributed by atoms with Gasteiger partial charge in [-0.3, -0.25) is 4.79 Å². The third kappa shape index (κ3) is 2.82. The van der Waals surface area contributed by atoms with Crippen LogP contribution in [0.5, 0.6) is 11.5 Å². The normalized spacial score (nSPS) is 13.7. The average Bonchev–Trinajstić information content (AvgIpc) is 2.74. The molecule has 0 spiro atoms. The quantitative estimate of drug-likeness (QED) is 0.865. The number of benzene rings is 1. The van der Waals surface area contributed by atoms with E-state index in [1.165, 1.54) is 5.56 Å². The molecule has 0 atom stereocenters. The van der Waals surface area contributed by atoms with Gasteiger partial charge in [0, 0.05) is 12.0 Å². The number of Topliss-reactive ketones (excluding diaryl/α,β-unsaturated/α-hetero) is 1. The zero-order valence-electron chi connectivity index (χ0n) is 11.1. The standard InChI is InChI=1S/C14H19NO3/c1-10(16)7-15-8-14(2,3)11-4-5-12-13(6-11)18-9-17-12/h4-6,15H,7-9H2,1-3H3.